The van der Waals surface area contributed by atoms with Gasteiger partial charge in [0.1, 0.15) is 5.75 Å². The topological polar surface area (TPSA) is 39.4 Å². The zero-order valence-electron chi connectivity index (χ0n) is 15.2. The van der Waals surface area contributed by atoms with Gasteiger partial charge in [-0.3, -0.25) is 4.98 Å². The summed E-state index contributed by atoms with van der Waals surface area (Å²) < 4.78 is 7.47. The van der Waals surface area contributed by atoms with Crippen LogP contribution in [0.5, 0.6) is 5.75 Å². The summed E-state index contributed by atoms with van der Waals surface area (Å²) >= 11 is 7.97. The van der Waals surface area contributed by atoms with Crippen LogP contribution in [0.25, 0.3) is 11.3 Å². The predicted molar refractivity (Wildman–Crippen MR) is 114 cm³/mol. The van der Waals surface area contributed by atoms with Crippen molar-refractivity contribution in [3.05, 3.63) is 93.8 Å². The first kappa shape index (κ1) is 18.5. The van der Waals surface area contributed by atoms with Gasteiger partial charge in [0, 0.05) is 23.3 Å². The molecule has 4 rings (SSSR count). The SMILES string of the molecule is COc1ccc(-c2csc(=Nc3ccccc3)n2Cc2cccnc2)cc1Cl. The molecule has 0 radical (unpaired) electrons. The van der Waals surface area contributed by atoms with Crippen LogP contribution in [0.2, 0.25) is 5.02 Å². The van der Waals surface area contributed by atoms with E-state index in [2.05, 4.69) is 21.0 Å². The van der Waals surface area contributed by atoms with Crippen LogP contribution in [-0.2, 0) is 6.54 Å². The van der Waals surface area contributed by atoms with Gasteiger partial charge in [-0.05, 0) is 42.0 Å². The molecule has 0 saturated carbocycles. The number of nitrogens with zero attached hydrogens (tertiary/aromatic N) is 3. The van der Waals surface area contributed by atoms with Crippen molar-refractivity contribution in [3.8, 4) is 17.0 Å². The quantitative estimate of drug-likeness (QED) is 0.434. The Morgan fingerprint density at radius 2 is 1.96 bits per heavy atom. The van der Waals surface area contributed by atoms with E-state index in [0.29, 0.717) is 17.3 Å². The summed E-state index contributed by atoms with van der Waals surface area (Å²) in [5.74, 6) is 0.661. The molecule has 0 aliphatic carbocycles. The number of methoxy groups -OCH3 is 1. The Hall–Kier alpha value is -2.89. The standard InChI is InChI=1S/C22H18ClN3OS/c1-27-21-10-9-17(12-19(21)23)20-15-28-22(25-18-7-3-2-4-8-18)26(20)14-16-6-5-11-24-13-16/h2-13,15H,14H2,1H3. The van der Waals surface area contributed by atoms with E-state index in [1.165, 1.54) is 0 Å². The molecule has 6 heteroatoms. The van der Waals surface area contributed by atoms with Gasteiger partial charge in [0.25, 0.3) is 0 Å². The normalized spacial score (nSPS) is 11.6. The zero-order valence-corrected chi connectivity index (χ0v) is 16.8. The second-order valence-electron chi connectivity index (χ2n) is 6.15. The van der Waals surface area contributed by atoms with Crippen LogP contribution < -0.4 is 9.54 Å². The molecule has 0 aliphatic heterocycles. The van der Waals surface area contributed by atoms with Crippen LogP contribution >= 0.6 is 22.9 Å². The van der Waals surface area contributed by atoms with Crippen LogP contribution in [-0.4, -0.2) is 16.7 Å². The molecule has 4 nitrogen and oxygen atoms in total. The van der Waals surface area contributed by atoms with Crippen LogP contribution in [0.1, 0.15) is 5.56 Å². The molecule has 0 N–H and O–H groups in total. The minimum atomic E-state index is 0.584. The third-order valence-corrected chi connectivity index (χ3v) is 5.45. The third-order valence-electron chi connectivity index (χ3n) is 4.29. The van der Waals surface area contributed by atoms with E-state index in [-0.39, 0.29) is 0 Å². The highest BCUT2D eigenvalue weighted by molar-refractivity contribution is 7.07. The van der Waals surface area contributed by atoms with Crippen molar-refractivity contribution in [2.24, 2.45) is 4.99 Å². The number of halogens is 1. The number of ether oxygens (including phenoxy) is 1. The summed E-state index contributed by atoms with van der Waals surface area (Å²) in [5.41, 5.74) is 4.09. The lowest BCUT2D eigenvalue weighted by Crippen LogP contribution is -2.16. The molecule has 0 atom stereocenters. The van der Waals surface area contributed by atoms with E-state index >= 15 is 0 Å². The maximum absolute atomic E-state index is 6.36. The number of hydrogen-bond donors (Lipinski definition) is 0. The minimum Gasteiger partial charge on any atom is -0.495 e. The first-order valence-corrected chi connectivity index (χ1v) is 10.0. The first-order valence-electron chi connectivity index (χ1n) is 8.75. The summed E-state index contributed by atoms with van der Waals surface area (Å²) in [6, 6.07) is 19.8. The van der Waals surface area contributed by atoms with Crippen LogP contribution in [0, 0.1) is 0 Å². The fourth-order valence-corrected chi connectivity index (χ4v) is 4.10. The van der Waals surface area contributed by atoms with Crippen molar-refractivity contribution in [2.75, 3.05) is 7.11 Å². The van der Waals surface area contributed by atoms with E-state index in [1.807, 2.05) is 60.8 Å². The molecule has 2 aromatic heterocycles. The Labute approximate surface area is 172 Å². The van der Waals surface area contributed by atoms with Gasteiger partial charge in [0.2, 0.25) is 0 Å². The fourth-order valence-electron chi connectivity index (χ4n) is 2.92. The summed E-state index contributed by atoms with van der Waals surface area (Å²) in [6.07, 6.45) is 3.66. The van der Waals surface area contributed by atoms with Gasteiger partial charge in [-0.1, -0.05) is 35.9 Å². The molecule has 0 saturated heterocycles. The molecule has 0 fully saturated rings. The molecular formula is C22H18ClN3OS. The fraction of sp³-hybridized carbons (Fsp3) is 0.0909. The molecule has 2 heterocycles. The summed E-state index contributed by atoms with van der Waals surface area (Å²) in [5, 5.41) is 2.69. The molecular weight excluding hydrogens is 390 g/mol. The van der Waals surface area contributed by atoms with E-state index in [1.54, 1.807) is 24.6 Å². The van der Waals surface area contributed by atoms with Gasteiger partial charge < -0.3 is 9.30 Å². The van der Waals surface area contributed by atoms with Crippen molar-refractivity contribution < 1.29 is 4.74 Å². The largest absolute Gasteiger partial charge is 0.495 e. The van der Waals surface area contributed by atoms with Crippen molar-refractivity contribution in [1.82, 2.24) is 9.55 Å². The van der Waals surface area contributed by atoms with Crippen molar-refractivity contribution >= 4 is 28.6 Å². The van der Waals surface area contributed by atoms with Gasteiger partial charge in [0.05, 0.1) is 30.1 Å². The molecule has 28 heavy (non-hydrogen) atoms. The monoisotopic (exact) mass is 407 g/mol. The van der Waals surface area contributed by atoms with Crippen LogP contribution in [0.15, 0.2) is 83.4 Å². The van der Waals surface area contributed by atoms with Crippen molar-refractivity contribution in [2.45, 2.75) is 6.54 Å². The highest BCUT2D eigenvalue weighted by Crippen LogP contribution is 2.30. The number of thiazole rings is 1. The van der Waals surface area contributed by atoms with Gasteiger partial charge in [-0.15, -0.1) is 11.3 Å². The number of aromatic nitrogens is 2. The Bertz CT molecular complexity index is 1140. The molecule has 140 valence electrons. The van der Waals surface area contributed by atoms with Crippen LogP contribution in [0.3, 0.4) is 0 Å². The van der Waals surface area contributed by atoms with E-state index in [0.717, 1.165) is 27.3 Å². The van der Waals surface area contributed by atoms with Crippen LogP contribution in [0.4, 0.5) is 5.69 Å². The van der Waals surface area contributed by atoms with Crippen molar-refractivity contribution in [1.29, 1.82) is 0 Å². The molecule has 0 aliphatic rings. The maximum Gasteiger partial charge on any atom is 0.190 e. The van der Waals surface area contributed by atoms with Crippen molar-refractivity contribution in [3.63, 3.8) is 0 Å². The summed E-state index contributed by atoms with van der Waals surface area (Å²) in [6.45, 7) is 0.669. The Morgan fingerprint density at radius 3 is 2.68 bits per heavy atom. The number of hydrogen-bond acceptors (Lipinski definition) is 4. The summed E-state index contributed by atoms with van der Waals surface area (Å²) in [4.78, 5) is 10.00. The second kappa shape index (κ2) is 8.42. The number of rotatable bonds is 5. The molecule has 0 bridgehead atoms. The number of pyridine rings is 1. The van der Waals surface area contributed by atoms with Gasteiger partial charge in [-0.2, -0.15) is 0 Å². The lowest BCUT2D eigenvalue weighted by atomic mass is 10.1. The summed E-state index contributed by atoms with van der Waals surface area (Å²) in [7, 11) is 1.62. The molecule has 0 amide bonds. The average molecular weight is 408 g/mol. The smallest absolute Gasteiger partial charge is 0.190 e. The predicted octanol–water partition coefficient (Wildman–Crippen LogP) is 5.55. The highest BCUT2D eigenvalue weighted by atomic mass is 35.5. The maximum atomic E-state index is 6.36. The Balaban J connectivity index is 1.85. The molecule has 0 spiro atoms. The first-order chi connectivity index (χ1) is 13.7. The molecule has 4 aromatic rings. The van der Waals surface area contributed by atoms with E-state index in [4.69, 9.17) is 21.3 Å². The molecule has 0 unspecified atom stereocenters. The third kappa shape index (κ3) is 4.01. The van der Waals surface area contributed by atoms with Gasteiger partial charge >= 0.3 is 0 Å². The lowest BCUT2D eigenvalue weighted by molar-refractivity contribution is 0.415. The van der Waals surface area contributed by atoms with E-state index in [9.17, 15) is 0 Å². The highest BCUT2D eigenvalue weighted by Gasteiger charge is 2.11. The zero-order chi connectivity index (χ0) is 19.3. The van der Waals surface area contributed by atoms with Gasteiger partial charge in [0.15, 0.2) is 4.80 Å². The number of benzene rings is 2. The molecule has 2 aromatic carbocycles. The Kier molecular flexibility index (Phi) is 5.55. The minimum absolute atomic E-state index is 0.584. The van der Waals surface area contributed by atoms with E-state index < -0.39 is 0 Å². The second-order valence-corrected chi connectivity index (χ2v) is 7.39. The lowest BCUT2D eigenvalue weighted by Gasteiger charge is -2.11. The Morgan fingerprint density at radius 1 is 1.11 bits per heavy atom. The average Bonchev–Trinajstić information content (AvgIpc) is 3.11. The number of para-hydroxylation sites is 1. The van der Waals surface area contributed by atoms with Gasteiger partial charge in [-0.25, -0.2) is 4.99 Å².